The smallest absolute Gasteiger partial charge is 0.224 e. The van der Waals surface area contributed by atoms with Gasteiger partial charge in [-0.2, -0.15) is 4.98 Å². The van der Waals surface area contributed by atoms with Crippen LogP contribution in [0.5, 0.6) is 11.5 Å². The van der Waals surface area contributed by atoms with Crippen LogP contribution in [0.1, 0.15) is 11.6 Å². The van der Waals surface area contributed by atoms with Crippen molar-refractivity contribution in [1.29, 1.82) is 0 Å². The molecule has 7 heteroatoms. The third-order valence-corrected chi connectivity index (χ3v) is 3.98. The molecule has 1 aromatic carbocycles. The minimum absolute atomic E-state index is 0.0538. The number of anilines is 1. The molecule has 3 rings (SSSR count). The molecule has 0 saturated carbocycles. The summed E-state index contributed by atoms with van der Waals surface area (Å²) in [4.78, 5) is 10.1. The highest BCUT2D eigenvalue weighted by Crippen LogP contribution is 2.39. The van der Waals surface area contributed by atoms with Gasteiger partial charge in [-0.1, -0.05) is 17.7 Å². The predicted molar refractivity (Wildman–Crippen MR) is 81.7 cm³/mol. The fourth-order valence-electron chi connectivity index (χ4n) is 2.33. The number of methoxy groups -OCH3 is 1. The maximum atomic E-state index is 6.34. The molecule has 1 atom stereocenters. The van der Waals surface area contributed by atoms with Gasteiger partial charge in [-0.05, 0) is 29.3 Å². The molecule has 1 unspecified atom stereocenters. The molecule has 1 aliphatic heterocycles. The Balaban J connectivity index is 1.98. The third-order valence-electron chi connectivity index (χ3n) is 3.47. The van der Waals surface area contributed by atoms with Crippen LogP contribution in [0.4, 0.5) is 5.82 Å². The van der Waals surface area contributed by atoms with Gasteiger partial charge in [0, 0.05) is 12.1 Å². The zero-order valence-corrected chi connectivity index (χ0v) is 13.0. The summed E-state index contributed by atoms with van der Waals surface area (Å²) in [7, 11) is 3.53. The lowest BCUT2D eigenvalue weighted by atomic mass is 10.0. The van der Waals surface area contributed by atoms with Gasteiger partial charge in [0.2, 0.25) is 5.28 Å². The van der Waals surface area contributed by atoms with Crippen molar-refractivity contribution in [3.63, 3.8) is 0 Å². The lowest BCUT2D eigenvalue weighted by molar-refractivity contribution is 0.265. The van der Waals surface area contributed by atoms with Gasteiger partial charge in [0.15, 0.2) is 11.6 Å². The van der Waals surface area contributed by atoms with Crippen LogP contribution < -0.4 is 14.4 Å². The highest BCUT2D eigenvalue weighted by atomic mass is 35.5. The van der Waals surface area contributed by atoms with Crippen LogP contribution in [0.2, 0.25) is 10.3 Å². The van der Waals surface area contributed by atoms with E-state index in [1.54, 1.807) is 19.4 Å². The summed E-state index contributed by atoms with van der Waals surface area (Å²) in [6.45, 7) is 0.459. The lowest BCUT2D eigenvalue weighted by Gasteiger charge is -2.35. The Kier molecular flexibility index (Phi) is 3.78. The number of benzene rings is 1. The van der Waals surface area contributed by atoms with Crippen molar-refractivity contribution in [2.45, 2.75) is 6.04 Å². The van der Waals surface area contributed by atoms with Crippen molar-refractivity contribution < 1.29 is 9.47 Å². The first-order valence-corrected chi connectivity index (χ1v) is 7.07. The molecule has 0 aliphatic carbocycles. The Labute approximate surface area is 132 Å². The summed E-state index contributed by atoms with van der Waals surface area (Å²) in [6, 6.07) is 5.53. The molecule has 21 heavy (non-hydrogen) atoms. The fourth-order valence-corrected chi connectivity index (χ4v) is 2.75. The number of hydrogen-bond donors (Lipinski definition) is 0. The van der Waals surface area contributed by atoms with Crippen LogP contribution in [0.25, 0.3) is 0 Å². The van der Waals surface area contributed by atoms with E-state index in [4.69, 9.17) is 32.7 Å². The standard InChI is InChI=1S/C14H13Cl2N3O2/c1-19-11(9-4-3-8(20-2)5-10(9)15)7-21-12-6-17-14(16)18-13(12)19/h3-6,11H,7H2,1-2H3. The van der Waals surface area contributed by atoms with E-state index in [9.17, 15) is 0 Å². The van der Waals surface area contributed by atoms with E-state index in [2.05, 4.69) is 9.97 Å². The Morgan fingerprint density at radius 1 is 1.38 bits per heavy atom. The summed E-state index contributed by atoms with van der Waals surface area (Å²) in [5.74, 6) is 1.98. The first kappa shape index (κ1) is 14.2. The Hall–Kier alpha value is -1.72. The molecule has 0 N–H and O–H groups in total. The van der Waals surface area contributed by atoms with E-state index in [1.807, 2.05) is 24.1 Å². The summed E-state index contributed by atoms with van der Waals surface area (Å²) in [5.41, 5.74) is 0.945. The third kappa shape index (κ3) is 2.59. The number of halogens is 2. The maximum Gasteiger partial charge on any atom is 0.224 e. The van der Waals surface area contributed by atoms with Gasteiger partial charge in [0.25, 0.3) is 0 Å². The topological polar surface area (TPSA) is 47.5 Å². The average molecular weight is 326 g/mol. The van der Waals surface area contributed by atoms with E-state index in [1.165, 1.54) is 0 Å². The van der Waals surface area contributed by atoms with Crippen LogP contribution >= 0.6 is 23.2 Å². The molecule has 0 amide bonds. The predicted octanol–water partition coefficient (Wildman–Crippen LogP) is 3.36. The largest absolute Gasteiger partial charge is 0.497 e. The highest BCUT2D eigenvalue weighted by Gasteiger charge is 2.29. The van der Waals surface area contributed by atoms with E-state index < -0.39 is 0 Å². The SMILES string of the molecule is COc1ccc(C2COc3cnc(Cl)nc3N2C)c(Cl)c1. The minimum atomic E-state index is -0.0538. The van der Waals surface area contributed by atoms with Crippen LogP contribution in [0.15, 0.2) is 24.4 Å². The lowest BCUT2D eigenvalue weighted by Crippen LogP contribution is -2.34. The second-order valence-corrected chi connectivity index (χ2v) is 5.40. The molecule has 1 aromatic heterocycles. The molecule has 1 aliphatic rings. The van der Waals surface area contributed by atoms with Crippen molar-refractivity contribution in [2.75, 3.05) is 25.7 Å². The maximum absolute atomic E-state index is 6.34. The van der Waals surface area contributed by atoms with Crippen molar-refractivity contribution in [2.24, 2.45) is 0 Å². The van der Waals surface area contributed by atoms with Gasteiger partial charge in [0.05, 0.1) is 19.3 Å². The summed E-state index contributed by atoms with van der Waals surface area (Å²) in [6.07, 6.45) is 1.58. The number of nitrogens with zero attached hydrogens (tertiary/aromatic N) is 3. The molecule has 0 spiro atoms. The van der Waals surface area contributed by atoms with Gasteiger partial charge < -0.3 is 14.4 Å². The van der Waals surface area contributed by atoms with E-state index >= 15 is 0 Å². The average Bonchev–Trinajstić information content (AvgIpc) is 2.49. The Bertz CT molecular complexity index is 681. The number of rotatable bonds is 2. The van der Waals surface area contributed by atoms with Crippen molar-refractivity contribution >= 4 is 29.0 Å². The normalized spacial score (nSPS) is 17.1. The number of ether oxygens (including phenoxy) is 2. The van der Waals surface area contributed by atoms with Gasteiger partial charge >= 0.3 is 0 Å². The number of hydrogen-bond acceptors (Lipinski definition) is 5. The first-order chi connectivity index (χ1) is 10.1. The van der Waals surface area contributed by atoms with Gasteiger partial charge in [-0.3, -0.25) is 0 Å². The van der Waals surface area contributed by atoms with E-state index in [0.717, 1.165) is 5.56 Å². The van der Waals surface area contributed by atoms with Crippen molar-refractivity contribution in [3.05, 3.63) is 40.3 Å². The number of likely N-dealkylation sites (N-methyl/N-ethyl adjacent to an activating group) is 1. The second-order valence-electron chi connectivity index (χ2n) is 4.65. The fraction of sp³-hybridized carbons (Fsp3) is 0.286. The van der Waals surface area contributed by atoms with E-state index in [0.29, 0.717) is 28.9 Å². The molecule has 5 nitrogen and oxygen atoms in total. The molecule has 110 valence electrons. The number of fused-ring (bicyclic) bond motifs is 1. The first-order valence-electron chi connectivity index (χ1n) is 6.31. The Morgan fingerprint density at radius 3 is 2.90 bits per heavy atom. The molecule has 2 aromatic rings. The highest BCUT2D eigenvalue weighted by molar-refractivity contribution is 6.31. The quantitative estimate of drug-likeness (QED) is 0.792. The van der Waals surface area contributed by atoms with Gasteiger partial charge in [0.1, 0.15) is 12.4 Å². The molecule has 2 heterocycles. The van der Waals surface area contributed by atoms with Crippen molar-refractivity contribution in [1.82, 2.24) is 9.97 Å². The summed E-state index contributed by atoms with van der Waals surface area (Å²) >= 11 is 12.2. The Morgan fingerprint density at radius 2 is 2.19 bits per heavy atom. The minimum Gasteiger partial charge on any atom is -0.497 e. The molecule has 0 bridgehead atoms. The molecular weight excluding hydrogens is 313 g/mol. The molecular formula is C14H13Cl2N3O2. The zero-order chi connectivity index (χ0) is 15.0. The molecule has 0 fully saturated rings. The number of aromatic nitrogens is 2. The second kappa shape index (κ2) is 5.58. The van der Waals surface area contributed by atoms with E-state index in [-0.39, 0.29) is 11.3 Å². The van der Waals surface area contributed by atoms with Crippen LogP contribution in [-0.4, -0.2) is 30.7 Å². The van der Waals surface area contributed by atoms with Crippen LogP contribution in [0.3, 0.4) is 0 Å². The van der Waals surface area contributed by atoms with Gasteiger partial charge in [-0.15, -0.1) is 0 Å². The monoisotopic (exact) mass is 325 g/mol. The molecule has 0 saturated heterocycles. The van der Waals surface area contributed by atoms with Gasteiger partial charge in [-0.25, -0.2) is 4.98 Å². The van der Waals surface area contributed by atoms with Crippen molar-refractivity contribution in [3.8, 4) is 11.5 Å². The van der Waals surface area contributed by atoms with Crippen LogP contribution in [0, 0.1) is 0 Å². The zero-order valence-electron chi connectivity index (χ0n) is 11.5. The summed E-state index contributed by atoms with van der Waals surface area (Å²) in [5, 5.41) is 0.809. The van der Waals surface area contributed by atoms with Crippen LogP contribution in [-0.2, 0) is 0 Å². The summed E-state index contributed by atoms with van der Waals surface area (Å²) < 4.78 is 10.9. The molecule has 0 radical (unpaired) electrons.